The molecule has 2 N–H and O–H groups in total. The number of aryl methyl sites for hydroxylation is 1. The minimum atomic E-state index is -0.839. The van der Waals surface area contributed by atoms with Crippen molar-refractivity contribution in [2.75, 3.05) is 12.8 Å². The van der Waals surface area contributed by atoms with Crippen LogP contribution in [0.3, 0.4) is 0 Å². The van der Waals surface area contributed by atoms with Crippen LogP contribution in [-0.2, 0) is 17.2 Å². The lowest BCUT2D eigenvalue weighted by Crippen LogP contribution is -2.40. The molecule has 1 aromatic rings. The molecule has 2 rings (SSSR count). The molecule has 4 nitrogen and oxygen atoms in total. The van der Waals surface area contributed by atoms with Gasteiger partial charge in [0.05, 0.1) is 6.04 Å². The average molecular weight is 322 g/mol. The molecule has 2 amide bonds. The normalized spacial score (nSPS) is 22.7. The molecule has 4 atom stereocenters. The number of amides is 2. The van der Waals surface area contributed by atoms with Crippen molar-refractivity contribution in [3.8, 4) is 0 Å². The van der Waals surface area contributed by atoms with Crippen LogP contribution in [0.2, 0.25) is 0 Å². The molecule has 4 unspecified atom stereocenters. The van der Waals surface area contributed by atoms with E-state index in [0.717, 1.165) is 12.8 Å². The Kier molecular flexibility index (Phi) is 5.62. The first-order valence-corrected chi connectivity index (χ1v) is 9.46. The van der Waals surface area contributed by atoms with Crippen molar-refractivity contribution >= 4 is 16.8 Å². The molecular formula is C17H26N2O2S. The Balaban J connectivity index is 1.90. The van der Waals surface area contributed by atoms with Crippen LogP contribution < -0.4 is 10.6 Å². The molecule has 0 aliphatic heterocycles. The second kappa shape index (κ2) is 7.27. The molecule has 0 fully saturated rings. The molecule has 0 spiro atoms. The van der Waals surface area contributed by atoms with Crippen molar-refractivity contribution in [2.45, 2.75) is 44.9 Å². The average Bonchev–Trinajstić information content (AvgIpc) is 2.74. The van der Waals surface area contributed by atoms with Crippen LogP contribution in [0.25, 0.3) is 0 Å². The van der Waals surface area contributed by atoms with Gasteiger partial charge in [0.1, 0.15) is 0 Å². The third kappa shape index (κ3) is 4.09. The molecule has 1 aromatic carbocycles. The SMILES string of the molecule is Cc1ccc2c(c1)C(NC(=O)NCCC(C)S(C)=O)C(C)C2. The summed E-state index contributed by atoms with van der Waals surface area (Å²) in [7, 11) is -0.839. The van der Waals surface area contributed by atoms with Gasteiger partial charge in [0, 0.05) is 28.9 Å². The summed E-state index contributed by atoms with van der Waals surface area (Å²) in [6, 6.07) is 6.40. The third-order valence-corrected chi connectivity index (χ3v) is 5.81. The lowest BCUT2D eigenvalue weighted by Gasteiger charge is -2.20. The van der Waals surface area contributed by atoms with Gasteiger partial charge in [0.25, 0.3) is 0 Å². The van der Waals surface area contributed by atoms with E-state index in [1.54, 1.807) is 6.26 Å². The van der Waals surface area contributed by atoms with Gasteiger partial charge in [0.15, 0.2) is 0 Å². The van der Waals surface area contributed by atoms with Crippen LogP contribution in [0.5, 0.6) is 0 Å². The van der Waals surface area contributed by atoms with Gasteiger partial charge in [-0.15, -0.1) is 0 Å². The zero-order valence-electron chi connectivity index (χ0n) is 13.8. The maximum atomic E-state index is 12.1. The number of fused-ring (bicyclic) bond motifs is 1. The summed E-state index contributed by atoms with van der Waals surface area (Å²) < 4.78 is 11.3. The molecule has 5 heteroatoms. The number of nitrogens with one attached hydrogen (secondary N) is 2. The van der Waals surface area contributed by atoms with Crippen LogP contribution in [-0.4, -0.2) is 28.3 Å². The van der Waals surface area contributed by atoms with Crippen LogP contribution >= 0.6 is 0 Å². The van der Waals surface area contributed by atoms with E-state index in [-0.39, 0.29) is 17.3 Å². The third-order valence-electron chi connectivity index (χ3n) is 4.44. The highest BCUT2D eigenvalue weighted by atomic mass is 32.2. The second-order valence-electron chi connectivity index (χ2n) is 6.36. The first-order chi connectivity index (χ1) is 10.4. The molecule has 0 radical (unpaired) electrons. The Morgan fingerprint density at radius 2 is 2.18 bits per heavy atom. The quantitative estimate of drug-likeness (QED) is 0.875. The summed E-state index contributed by atoms with van der Waals surface area (Å²) in [5, 5.41) is 6.07. The first kappa shape index (κ1) is 17.0. The number of carbonyl (C=O) groups excluding carboxylic acids is 1. The predicted octanol–water partition coefficient (Wildman–Crippen LogP) is 2.68. The van der Waals surface area contributed by atoms with Crippen molar-refractivity contribution in [3.63, 3.8) is 0 Å². The van der Waals surface area contributed by atoms with Crippen LogP contribution in [0.4, 0.5) is 4.79 Å². The first-order valence-electron chi connectivity index (χ1n) is 7.84. The summed E-state index contributed by atoms with van der Waals surface area (Å²) in [6.45, 7) is 6.73. The van der Waals surface area contributed by atoms with Gasteiger partial charge in [-0.2, -0.15) is 0 Å². The van der Waals surface area contributed by atoms with Crippen molar-refractivity contribution < 1.29 is 9.00 Å². The topological polar surface area (TPSA) is 58.2 Å². The molecule has 22 heavy (non-hydrogen) atoms. The van der Waals surface area contributed by atoms with Gasteiger partial charge in [-0.05, 0) is 36.8 Å². The Bertz CT molecular complexity index is 574. The van der Waals surface area contributed by atoms with Crippen LogP contribution in [0.1, 0.15) is 43.0 Å². The summed E-state index contributed by atoms with van der Waals surface area (Å²) in [5.74, 6) is 0.407. The lowest BCUT2D eigenvalue weighted by atomic mass is 10.0. The zero-order chi connectivity index (χ0) is 16.3. The van der Waals surface area contributed by atoms with E-state index in [1.165, 1.54) is 16.7 Å². The highest BCUT2D eigenvalue weighted by molar-refractivity contribution is 7.84. The van der Waals surface area contributed by atoms with E-state index in [1.807, 2.05) is 6.92 Å². The number of hydrogen-bond donors (Lipinski definition) is 2. The highest BCUT2D eigenvalue weighted by Gasteiger charge is 2.30. The Morgan fingerprint density at radius 1 is 1.45 bits per heavy atom. The van der Waals surface area contributed by atoms with E-state index >= 15 is 0 Å². The summed E-state index contributed by atoms with van der Waals surface area (Å²) in [6.07, 6.45) is 3.43. The van der Waals surface area contributed by atoms with Gasteiger partial charge >= 0.3 is 6.03 Å². The largest absolute Gasteiger partial charge is 0.338 e. The predicted molar refractivity (Wildman–Crippen MR) is 91.5 cm³/mol. The maximum absolute atomic E-state index is 12.1. The summed E-state index contributed by atoms with van der Waals surface area (Å²) in [4.78, 5) is 12.1. The fraction of sp³-hybridized carbons (Fsp3) is 0.588. The zero-order valence-corrected chi connectivity index (χ0v) is 14.6. The van der Waals surface area contributed by atoms with Gasteiger partial charge in [-0.1, -0.05) is 37.6 Å². The molecule has 0 heterocycles. The van der Waals surface area contributed by atoms with E-state index in [4.69, 9.17) is 0 Å². The molecule has 0 saturated carbocycles. The van der Waals surface area contributed by atoms with E-state index in [2.05, 4.69) is 42.7 Å². The summed E-state index contributed by atoms with van der Waals surface area (Å²) in [5.41, 5.74) is 3.79. The Labute approximate surface area is 135 Å². The smallest absolute Gasteiger partial charge is 0.315 e. The van der Waals surface area contributed by atoms with Crippen LogP contribution in [0.15, 0.2) is 18.2 Å². The number of hydrogen-bond acceptors (Lipinski definition) is 2. The van der Waals surface area contributed by atoms with Crippen molar-refractivity contribution in [1.29, 1.82) is 0 Å². The lowest BCUT2D eigenvalue weighted by molar-refractivity contribution is 0.233. The molecule has 0 saturated heterocycles. The van der Waals surface area contributed by atoms with Crippen molar-refractivity contribution in [2.24, 2.45) is 5.92 Å². The molecule has 1 aliphatic carbocycles. The van der Waals surface area contributed by atoms with E-state index in [0.29, 0.717) is 12.5 Å². The summed E-state index contributed by atoms with van der Waals surface area (Å²) >= 11 is 0. The Hall–Kier alpha value is -1.36. The molecule has 122 valence electrons. The van der Waals surface area contributed by atoms with Crippen molar-refractivity contribution in [1.82, 2.24) is 10.6 Å². The monoisotopic (exact) mass is 322 g/mol. The number of carbonyl (C=O) groups is 1. The molecular weight excluding hydrogens is 296 g/mol. The molecule has 0 aromatic heterocycles. The standard InChI is InChI=1S/C17H26N2O2S/c1-11-5-6-14-10-12(2)16(15(14)9-11)19-17(20)18-8-7-13(3)22(4)21/h5-6,9,12-13,16H,7-8,10H2,1-4H3,(H2,18,19,20). The fourth-order valence-corrected chi connectivity index (χ4v) is 3.38. The maximum Gasteiger partial charge on any atom is 0.315 e. The number of benzene rings is 1. The highest BCUT2D eigenvalue weighted by Crippen LogP contribution is 2.36. The van der Waals surface area contributed by atoms with E-state index in [9.17, 15) is 9.00 Å². The van der Waals surface area contributed by atoms with Gasteiger partial charge in [0.2, 0.25) is 0 Å². The van der Waals surface area contributed by atoms with Gasteiger partial charge < -0.3 is 10.6 Å². The molecule has 1 aliphatic rings. The van der Waals surface area contributed by atoms with Crippen LogP contribution in [0, 0.1) is 12.8 Å². The second-order valence-corrected chi connectivity index (χ2v) is 8.16. The van der Waals surface area contributed by atoms with E-state index < -0.39 is 10.8 Å². The van der Waals surface area contributed by atoms with Gasteiger partial charge in [-0.3, -0.25) is 4.21 Å². The Morgan fingerprint density at radius 3 is 2.86 bits per heavy atom. The minimum Gasteiger partial charge on any atom is -0.338 e. The van der Waals surface area contributed by atoms with Crippen molar-refractivity contribution in [3.05, 3.63) is 34.9 Å². The van der Waals surface area contributed by atoms with Gasteiger partial charge in [-0.25, -0.2) is 4.79 Å². The number of urea groups is 1. The minimum absolute atomic E-state index is 0.0765. The number of rotatable bonds is 5. The molecule has 0 bridgehead atoms. The fourth-order valence-electron chi connectivity index (χ4n) is 2.93.